The molecule has 0 saturated carbocycles. The van der Waals surface area contributed by atoms with E-state index in [9.17, 15) is 19.2 Å². The molecule has 0 radical (unpaired) electrons. The summed E-state index contributed by atoms with van der Waals surface area (Å²) in [5.41, 5.74) is 13.6. The van der Waals surface area contributed by atoms with E-state index in [1.54, 1.807) is 20.8 Å². The number of carbonyl (C=O) groups excluding carboxylic acids is 3. The third-order valence-electron chi connectivity index (χ3n) is 1.03. The van der Waals surface area contributed by atoms with Gasteiger partial charge in [-0.3, -0.25) is 0 Å². The number of amides is 3. The molecular weight excluding hydrogens is 314 g/mol. The van der Waals surface area contributed by atoms with Crippen molar-refractivity contribution in [3.05, 3.63) is 12.7 Å². The van der Waals surface area contributed by atoms with Gasteiger partial charge in [0.05, 0.1) is 19.8 Å². The number of ether oxygens (including phenoxy) is 3. The molecule has 0 aliphatic rings. The second kappa shape index (κ2) is 24.1. The Kier molecular flexibility index (Phi) is 29.5. The Balaban J connectivity index is -0.000000105. The van der Waals surface area contributed by atoms with E-state index in [1.165, 1.54) is 0 Å². The molecule has 0 fully saturated rings. The zero-order valence-corrected chi connectivity index (χ0v) is 13.4. The highest BCUT2D eigenvalue weighted by Crippen LogP contribution is 1.67. The van der Waals surface area contributed by atoms with Gasteiger partial charge in [0, 0.05) is 6.08 Å². The van der Waals surface area contributed by atoms with Crippen molar-refractivity contribution in [3.63, 3.8) is 0 Å². The van der Waals surface area contributed by atoms with Gasteiger partial charge in [-0.05, 0) is 20.8 Å². The SMILES string of the molecule is C=CC(=O)O.CCOC(N)=O.CCOC(N)=O.CCOC(N)=O. The van der Waals surface area contributed by atoms with Gasteiger partial charge < -0.3 is 36.5 Å². The topological polar surface area (TPSA) is 194 Å². The molecular formula is C12H25N3O8. The lowest BCUT2D eigenvalue weighted by Crippen LogP contribution is -2.11. The molecule has 0 saturated heterocycles. The lowest BCUT2D eigenvalue weighted by Gasteiger charge is -1.89. The van der Waals surface area contributed by atoms with Crippen LogP contribution in [0.4, 0.5) is 14.4 Å². The van der Waals surface area contributed by atoms with Gasteiger partial charge in [-0.25, -0.2) is 19.2 Å². The third-order valence-corrected chi connectivity index (χ3v) is 1.03. The van der Waals surface area contributed by atoms with Crippen LogP contribution in [0.15, 0.2) is 12.7 Å². The summed E-state index contributed by atoms with van der Waals surface area (Å²) >= 11 is 0. The smallest absolute Gasteiger partial charge is 0.404 e. The highest BCUT2D eigenvalue weighted by Gasteiger charge is 1.83. The second-order valence-corrected chi connectivity index (χ2v) is 2.80. The average Bonchev–Trinajstić information content (AvgIpc) is 2.40. The number of carboxylic acids is 1. The summed E-state index contributed by atoms with van der Waals surface area (Å²) < 4.78 is 12.5. The van der Waals surface area contributed by atoms with Crippen molar-refractivity contribution in [2.75, 3.05) is 19.8 Å². The van der Waals surface area contributed by atoms with E-state index in [1.807, 2.05) is 0 Å². The molecule has 0 unspecified atom stereocenters. The summed E-state index contributed by atoms with van der Waals surface area (Å²) in [7, 11) is 0. The minimum atomic E-state index is -0.981. The van der Waals surface area contributed by atoms with Gasteiger partial charge >= 0.3 is 24.2 Å². The van der Waals surface area contributed by atoms with Gasteiger partial charge in [-0.1, -0.05) is 6.58 Å². The molecule has 0 aromatic heterocycles. The first-order valence-electron chi connectivity index (χ1n) is 6.20. The lowest BCUT2D eigenvalue weighted by atomic mass is 10.7. The zero-order valence-electron chi connectivity index (χ0n) is 13.4. The first-order valence-corrected chi connectivity index (χ1v) is 6.20. The molecule has 11 heteroatoms. The van der Waals surface area contributed by atoms with E-state index in [-0.39, 0.29) is 0 Å². The van der Waals surface area contributed by atoms with Crippen molar-refractivity contribution in [1.82, 2.24) is 0 Å². The summed E-state index contributed by atoms with van der Waals surface area (Å²) in [6.45, 7) is 9.13. The van der Waals surface area contributed by atoms with Crippen LogP contribution in [0.3, 0.4) is 0 Å². The van der Waals surface area contributed by atoms with E-state index < -0.39 is 24.2 Å². The van der Waals surface area contributed by atoms with Crippen LogP contribution in [0, 0.1) is 0 Å². The summed E-state index contributed by atoms with van der Waals surface area (Å²) in [4.78, 5) is 38.0. The summed E-state index contributed by atoms with van der Waals surface area (Å²) in [5, 5.41) is 7.60. The lowest BCUT2D eigenvalue weighted by molar-refractivity contribution is -0.131. The Bertz CT molecular complexity index is 309. The van der Waals surface area contributed by atoms with Gasteiger partial charge in [-0.15, -0.1) is 0 Å². The maximum Gasteiger partial charge on any atom is 0.404 e. The van der Waals surface area contributed by atoms with Crippen LogP contribution in [0.1, 0.15) is 20.8 Å². The monoisotopic (exact) mass is 339 g/mol. The first kappa shape index (κ1) is 28.2. The van der Waals surface area contributed by atoms with Crippen LogP contribution in [0.25, 0.3) is 0 Å². The molecule has 0 atom stereocenters. The highest BCUT2D eigenvalue weighted by atomic mass is 16.6. The van der Waals surface area contributed by atoms with Crippen LogP contribution < -0.4 is 17.2 Å². The fraction of sp³-hybridized carbons (Fsp3) is 0.500. The molecule has 0 aromatic carbocycles. The Morgan fingerprint density at radius 2 is 1.00 bits per heavy atom. The van der Waals surface area contributed by atoms with E-state index >= 15 is 0 Å². The largest absolute Gasteiger partial charge is 0.478 e. The number of hydrogen-bond acceptors (Lipinski definition) is 7. The normalized spacial score (nSPS) is 7.26. The van der Waals surface area contributed by atoms with E-state index in [0.717, 1.165) is 6.08 Å². The molecule has 0 rings (SSSR count). The molecule has 3 amide bonds. The van der Waals surface area contributed by atoms with Crippen molar-refractivity contribution in [2.24, 2.45) is 17.2 Å². The van der Waals surface area contributed by atoms with Gasteiger partial charge in [0.15, 0.2) is 0 Å². The minimum absolute atomic E-state index is 0.356. The molecule has 11 nitrogen and oxygen atoms in total. The molecule has 7 N–H and O–H groups in total. The number of nitrogens with two attached hydrogens (primary N) is 3. The van der Waals surface area contributed by atoms with Gasteiger partial charge in [-0.2, -0.15) is 0 Å². The Morgan fingerprint density at radius 3 is 1.00 bits per heavy atom. The van der Waals surface area contributed by atoms with Crippen molar-refractivity contribution in [1.29, 1.82) is 0 Å². The van der Waals surface area contributed by atoms with E-state index in [2.05, 4.69) is 38.0 Å². The van der Waals surface area contributed by atoms with E-state index in [4.69, 9.17) is 5.11 Å². The zero-order chi connectivity index (χ0) is 19.3. The van der Waals surface area contributed by atoms with Crippen molar-refractivity contribution in [2.45, 2.75) is 20.8 Å². The quantitative estimate of drug-likeness (QED) is 0.421. The fourth-order valence-corrected chi connectivity index (χ4v) is 0.427. The molecule has 23 heavy (non-hydrogen) atoms. The number of rotatable bonds is 4. The van der Waals surface area contributed by atoms with Gasteiger partial charge in [0.1, 0.15) is 0 Å². The Labute approximate surface area is 134 Å². The average molecular weight is 339 g/mol. The van der Waals surface area contributed by atoms with Crippen molar-refractivity contribution in [3.8, 4) is 0 Å². The molecule has 136 valence electrons. The number of aliphatic carboxylic acids is 1. The van der Waals surface area contributed by atoms with Crippen LogP contribution in [0.2, 0.25) is 0 Å². The predicted molar refractivity (Wildman–Crippen MR) is 81.5 cm³/mol. The summed E-state index contributed by atoms with van der Waals surface area (Å²) in [5.74, 6) is -0.981. The first-order chi connectivity index (χ1) is 10.6. The number of primary amides is 3. The van der Waals surface area contributed by atoms with Gasteiger partial charge in [0.2, 0.25) is 0 Å². The van der Waals surface area contributed by atoms with Crippen LogP contribution in [0.5, 0.6) is 0 Å². The minimum Gasteiger partial charge on any atom is -0.478 e. The van der Waals surface area contributed by atoms with Crippen LogP contribution in [-0.2, 0) is 19.0 Å². The molecule has 0 aliphatic heterocycles. The van der Waals surface area contributed by atoms with Crippen molar-refractivity contribution >= 4 is 24.2 Å². The van der Waals surface area contributed by atoms with Crippen molar-refractivity contribution < 1.29 is 38.5 Å². The molecule has 0 spiro atoms. The van der Waals surface area contributed by atoms with Crippen LogP contribution in [-0.4, -0.2) is 49.2 Å². The molecule has 0 bridgehead atoms. The highest BCUT2D eigenvalue weighted by molar-refractivity contribution is 5.78. The fourth-order valence-electron chi connectivity index (χ4n) is 0.427. The van der Waals surface area contributed by atoms with Crippen LogP contribution >= 0.6 is 0 Å². The maximum absolute atomic E-state index is 9.60. The number of carboxylic acid groups (broad SMARTS) is 1. The number of hydrogen-bond donors (Lipinski definition) is 4. The van der Waals surface area contributed by atoms with E-state index in [0.29, 0.717) is 19.8 Å². The third kappa shape index (κ3) is 85.7. The number of carbonyl (C=O) groups is 4. The maximum atomic E-state index is 9.60. The molecule has 0 aliphatic carbocycles. The molecule has 0 aromatic rings. The van der Waals surface area contributed by atoms with Gasteiger partial charge in [0.25, 0.3) is 0 Å². The Hall–Kier alpha value is -2.98. The second-order valence-electron chi connectivity index (χ2n) is 2.80. The summed E-state index contributed by atoms with van der Waals surface area (Å²) in [6.07, 6.45) is -1.30. The Morgan fingerprint density at radius 1 is 0.826 bits per heavy atom. The standard InChI is InChI=1S/3C3H7NO2.C3H4O2/c3*1-2-6-3(4)5;1-2-3(4)5/h3*2H2,1H3,(H2,4,5);2H,1H2,(H,4,5). The molecule has 0 heterocycles. The summed E-state index contributed by atoms with van der Waals surface area (Å²) in [6, 6.07) is 0. The predicted octanol–water partition coefficient (Wildman–Crippen LogP) is 0.562.